The van der Waals surface area contributed by atoms with Crippen LogP contribution >= 0.6 is 0 Å². The van der Waals surface area contributed by atoms with Gasteiger partial charge in [0.25, 0.3) is 0 Å². The van der Waals surface area contributed by atoms with Gasteiger partial charge in [0.15, 0.2) is 6.04 Å². The second kappa shape index (κ2) is 7.57. The molecule has 3 aliphatic heterocycles. The molecule has 0 bridgehead atoms. The molecule has 3 aliphatic rings. The lowest BCUT2D eigenvalue weighted by Gasteiger charge is -2.31. The standard InChI is InChI=1S/C19H27F3N4O2/c1-12-10-16(19(20,21)22)26-17(23-12)11-14(24-26)15-5-2-8-25(15)18(27)7-6-13-4-3-9-28-13/h11-13,15-16,23H,2-10H2,1H3/t12-,13-,15+,16-/m1/s1. The van der Waals surface area contributed by atoms with Crippen LogP contribution in [0.2, 0.25) is 0 Å². The Hall–Kier alpha value is -1.77. The van der Waals surface area contributed by atoms with Crippen LogP contribution in [0.4, 0.5) is 19.0 Å². The third-order valence-corrected chi connectivity index (χ3v) is 6.02. The summed E-state index contributed by atoms with van der Waals surface area (Å²) in [7, 11) is 0. The minimum Gasteiger partial charge on any atom is -0.378 e. The highest BCUT2D eigenvalue weighted by molar-refractivity contribution is 5.77. The second-order valence-corrected chi connectivity index (χ2v) is 8.16. The van der Waals surface area contributed by atoms with Crippen molar-refractivity contribution in [1.82, 2.24) is 14.7 Å². The van der Waals surface area contributed by atoms with Gasteiger partial charge in [0.2, 0.25) is 5.91 Å². The normalized spacial score (nSPS) is 30.4. The number of ether oxygens (including phenoxy) is 1. The van der Waals surface area contributed by atoms with Crippen molar-refractivity contribution in [2.75, 3.05) is 18.5 Å². The van der Waals surface area contributed by atoms with Gasteiger partial charge in [-0.15, -0.1) is 0 Å². The highest BCUT2D eigenvalue weighted by Crippen LogP contribution is 2.41. The van der Waals surface area contributed by atoms with E-state index in [2.05, 4.69) is 10.4 Å². The molecule has 4 atom stereocenters. The van der Waals surface area contributed by atoms with Gasteiger partial charge in [-0.05, 0) is 45.4 Å². The summed E-state index contributed by atoms with van der Waals surface area (Å²) < 4.78 is 47.0. The monoisotopic (exact) mass is 400 g/mol. The molecule has 0 saturated carbocycles. The van der Waals surface area contributed by atoms with Crippen molar-refractivity contribution >= 4 is 11.7 Å². The van der Waals surface area contributed by atoms with Crippen molar-refractivity contribution < 1.29 is 22.7 Å². The molecule has 9 heteroatoms. The molecular weight excluding hydrogens is 373 g/mol. The van der Waals surface area contributed by atoms with Gasteiger partial charge in [-0.1, -0.05) is 0 Å². The van der Waals surface area contributed by atoms with Gasteiger partial charge >= 0.3 is 6.18 Å². The van der Waals surface area contributed by atoms with Crippen molar-refractivity contribution in [3.8, 4) is 0 Å². The van der Waals surface area contributed by atoms with Crippen LogP contribution in [0.15, 0.2) is 6.07 Å². The number of rotatable bonds is 4. The third-order valence-electron chi connectivity index (χ3n) is 6.02. The van der Waals surface area contributed by atoms with Crippen molar-refractivity contribution in [2.24, 2.45) is 0 Å². The van der Waals surface area contributed by atoms with E-state index < -0.39 is 12.2 Å². The van der Waals surface area contributed by atoms with Gasteiger partial charge < -0.3 is 15.0 Å². The summed E-state index contributed by atoms with van der Waals surface area (Å²) in [6.45, 7) is 3.13. The van der Waals surface area contributed by atoms with Crippen LogP contribution in [0.1, 0.15) is 69.6 Å². The number of nitrogens with zero attached hydrogens (tertiary/aromatic N) is 3. The van der Waals surface area contributed by atoms with E-state index in [-0.39, 0.29) is 30.5 Å². The largest absolute Gasteiger partial charge is 0.410 e. The minimum atomic E-state index is -4.35. The Morgan fingerprint density at radius 3 is 2.89 bits per heavy atom. The van der Waals surface area contributed by atoms with E-state index in [4.69, 9.17) is 4.74 Å². The first kappa shape index (κ1) is 19.5. The first-order valence-corrected chi connectivity index (χ1v) is 10.2. The lowest BCUT2D eigenvalue weighted by molar-refractivity contribution is -0.173. The lowest BCUT2D eigenvalue weighted by Crippen LogP contribution is -2.38. The van der Waals surface area contributed by atoms with Gasteiger partial charge in [0.1, 0.15) is 5.82 Å². The number of alkyl halides is 3. The SMILES string of the molecule is C[C@@H]1C[C@H](C(F)(F)F)n2nc([C@@H]3CCCN3C(=O)CC[C@H]3CCCO3)cc2N1. The molecule has 28 heavy (non-hydrogen) atoms. The smallest absolute Gasteiger partial charge is 0.378 e. The molecule has 2 fully saturated rings. The summed E-state index contributed by atoms with van der Waals surface area (Å²) in [4.78, 5) is 14.5. The number of hydrogen-bond acceptors (Lipinski definition) is 4. The molecule has 4 rings (SSSR count). The highest BCUT2D eigenvalue weighted by atomic mass is 19.4. The van der Waals surface area contributed by atoms with Crippen molar-refractivity contribution in [3.63, 3.8) is 0 Å². The Balaban J connectivity index is 1.49. The van der Waals surface area contributed by atoms with Gasteiger partial charge in [-0.3, -0.25) is 4.79 Å². The Labute approximate surface area is 162 Å². The first-order chi connectivity index (χ1) is 13.3. The van der Waals surface area contributed by atoms with Crippen molar-refractivity contribution in [3.05, 3.63) is 11.8 Å². The molecule has 1 amide bonds. The second-order valence-electron chi connectivity index (χ2n) is 8.16. The van der Waals surface area contributed by atoms with Crippen LogP contribution in [-0.2, 0) is 9.53 Å². The number of aromatic nitrogens is 2. The maximum atomic E-state index is 13.5. The van der Waals surface area contributed by atoms with Crippen LogP contribution in [0.25, 0.3) is 0 Å². The summed E-state index contributed by atoms with van der Waals surface area (Å²) in [5, 5.41) is 7.39. The van der Waals surface area contributed by atoms with Gasteiger partial charge in [0.05, 0.1) is 17.8 Å². The number of nitrogens with one attached hydrogen (secondary N) is 1. The number of likely N-dealkylation sites (tertiary alicyclic amines) is 1. The summed E-state index contributed by atoms with van der Waals surface area (Å²) in [6, 6.07) is -0.472. The van der Waals surface area contributed by atoms with Crippen LogP contribution in [0, 0.1) is 0 Å². The molecular formula is C19H27F3N4O2. The van der Waals surface area contributed by atoms with Crippen molar-refractivity contribution in [1.29, 1.82) is 0 Å². The fraction of sp³-hybridized carbons (Fsp3) is 0.789. The van der Waals surface area contributed by atoms with E-state index in [9.17, 15) is 18.0 Å². The average molecular weight is 400 g/mol. The molecule has 1 aromatic rings. The molecule has 1 N–H and O–H groups in total. The van der Waals surface area contributed by atoms with E-state index >= 15 is 0 Å². The number of amides is 1. The summed E-state index contributed by atoms with van der Waals surface area (Å²) >= 11 is 0. The number of hydrogen-bond donors (Lipinski definition) is 1. The zero-order valence-corrected chi connectivity index (χ0v) is 16.0. The molecule has 1 aromatic heterocycles. The van der Waals surface area contributed by atoms with E-state index in [1.54, 1.807) is 17.9 Å². The number of anilines is 1. The van der Waals surface area contributed by atoms with Gasteiger partial charge in [0, 0.05) is 31.7 Å². The van der Waals surface area contributed by atoms with Crippen LogP contribution in [-0.4, -0.2) is 52.1 Å². The van der Waals surface area contributed by atoms with Crippen LogP contribution < -0.4 is 5.32 Å². The fourth-order valence-electron chi connectivity index (χ4n) is 4.61. The number of fused-ring (bicyclic) bond motifs is 1. The highest BCUT2D eigenvalue weighted by Gasteiger charge is 2.46. The van der Waals surface area contributed by atoms with E-state index in [0.717, 1.165) is 37.0 Å². The van der Waals surface area contributed by atoms with E-state index in [1.165, 1.54) is 0 Å². The number of carbonyl (C=O) groups is 1. The average Bonchev–Trinajstić information content (AvgIpc) is 3.36. The molecule has 0 spiro atoms. The first-order valence-electron chi connectivity index (χ1n) is 10.2. The zero-order valence-electron chi connectivity index (χ0n) is 16.0. The topological polar surface area (TPSA) is 59.4 Å². The molecule has 6 nitrogen and oxygen atoms in total. The Kier molecular flexibility index (Phi) is 5.28. The maximum absolute atomic E-state index is 13.5. The Morgan fingerprint density at radius 1 is 1.36 bits per heavy atom. The molecule has 0 aliphatic carbocycles. The molecule has 0 radical (unpaired) electrons. The molecule has 156 valence electrons. The summed E-state index contributed by atoms with van der Waals surface area (Å²) in [5.41, 5.74) is 0.550. The molecule has 0 unspecified atom stereocenters. The Bertz CT molecular complexity index is 715. The van der Waals surface area contributed by atoms with Gasteiger partial charge in [-0.25, -0.2) is 4.68 Å². The quantitative estimate of drug-likeness (QED) is 0.835. The van der Waals surface area contributed by atoms with Gasteiger partial charge in [-0.2, -0.15) is 18.3 Å². The minimum absolute atomic E-state index is 0.0395. The van der Waals surface area contributed by atoms with E-state index in [0.29, 0.717) is 30.9 Å². The fourth-order valence-corrected chi connectivity index (χ4v) is 4.61. The predicted octanol–water partition coefficient (Wildman–Crippen LogP) is 3.81. The number of carbonyl (C=O) groups excluding carboxylic acids is 1. The number of halogens is 3. The lowest BCUT2D eigenvalue weighted by atomic mass is 10.1. The predicted molar refractivity (Wildman–Crippen MR) is 96.9 cm³/mol. The zero-order chi connectivity index (χ0) is 19.9. The third kappa shape index (κ3) is 3.86. The van der Waals surface area contributed by atoms with Crippen LogP contribution in [0.3, 0.4) is 0 Å². The Morgan fingerprint density at radius 2 is 2.18 bits per heavy atom. The summed E-state index contributed by atoms with van der Waals surface area (Å²) in [6.07, 6.45) is 0.478. The molecule has 4 heterocycles. The summed E-state index contributed by atoms with van der Waals surface area (Å²) in [5.74, 6) is 0.424. The van der Waals surface area contributed by atoms with E-state index in [1.807, 2.05) is 0 Å². The molecule has 2 saturated heterocycles. The van der Waals surface area contributed by atoms with Crippen molar-refractivity contribution in [2.45, 2.75) is 82.3 Å². The maximum Gasteiger partial charge on any atom is 0.410 e. The van der Waals surface area contributed by atoms with Crippen LogP contribution in [0.5, 0.6) is 0 Å². The molecule has 0 aromatic carbocycles.